The summed E-state index contributed by atoms with van der Waals surface area (Å²) in [5, 5.41) is 3.50. The lowest BCUT2D eigenvalue weighted by molar-refractivity contribution is 0.0945. The van der Waals surface area contributed by atoms with Gasteiger partial charge in [0.25, 0.3) is 5.91 Å². The summed E-state index contributed by atoms with van der Waals surface area (Å²) in [5.74, 6) is 2.20. The lowest BCUT2D eigenvalue weighted by atomic mass is 10.1. The lowest BCUT2D eigenvalue weighted by Gasteiger charge is -2.11. The third-order valence-corrected chi connectivity index (χ3v) is 2.64. The van der Waals surface area contributed by atoms with Crippen LogP contribution in [0.3, 0.4) is 0 Å². The van der Waals surface area contributed by atoms with Crippen LogP contribution in [0.2, 0.25) is 10.0 Å². The summed E-state index contributed by atoms with van der Waals surface area (Å²) >= 11 is 11.6. The number of terminal acetylenes is 1. The van der Waals surface area contributed by atoms with E-state index >= 15 is 0 Å². The Bertz CT molecular complexity index is 437. The second kappa shape index (κ2) is 5.79. The van der Waals surface area contributed by atoms with E-state index in [9.17, 15) is 4.79 Å². The van der Waals surface area contributed by atoms with E-state index in [0.717, 1.165) is 0 Å². The van der Waals surface area contributed by atoms with E-state index < -0.39 is 0 Å². The van der Waals surface area contributed by atoms with Crippen molar-refractivity contribution in [3.05, 3.63) is 33.8 Å². The number of rotatable bonds is 3. The Hall–Kier alpha value is -1.17. The largest absolute Gasteiger partial charge is 0.338 e. The molecule has 16 heavy (non-hydrogen) atoms. The quantitative estimate of drug-likeness (QED) is 0.827. The van der Waals surface area contributed by atoms with Gasteiger partial charge in [-0.25, -0.2) is 0 Å². The Morgan fingerprint density at radius 3 is 2.75 bits per heavy atom. The average molecular weight is 256 g/mol. The maximum atomic E-state index is 11.8. The Morgan fingerprint density at radius 1 is 1.56 bits per heavy atom. The van der Waals surface area contributed by atoms with E-state index in [0.29, 0.717) is 22.0 Å². The van der Waals surface area contributed by atoms with Crippen molar-refractivity contribution in [1.29, 1.82) is 0 Å². The molecule has 0 aromatic heterocycles. The SMILES string of the molecule is C#CC(CC)NC(=O)c1ccc(Cl)cc1Cl. The Kier molecular flexibility index (Phi) is 4.67. The van der Waals surface area contributed by atoms with Gasteiger partial charge >= 0.3 is 0 Å². The zero-order valence-electron chi connectivity index (χ0n) is 8.76. The molecule has 0 radical (unpaired) electrons. The Morgan fingerprint density at radius 2 is 2.25 bits per heavy atom. The minimum absolute atomic E-state index is 0.278. The number of carbonyl (C=O) groups is 1. The van der Waals surface area contributed by atoms with Gasteiger partial charge in [0.1, 0.15) is 0 Å². The number of carbonyl (C=O) groups excluding carboxylic acids is 1. The first-order chi connectivity index (χ1) is 7.58. The number of nitrogens with one attached hydrogen (secondary N) is 1. The molecule has 1 aromatic carbocycles. The molecule has 0 saturated heterocycles. The van der Waals surface area contributed by atoms with Crippen LogP contribution in [-0.2, 0) is 0 Å². The van der Waals surface area contributed by atoms with Gasteiger partial charge in [0.2, 0.25) is 0 Å². The van der Waals surface area contributed by atoms with Crippen molar-refractivity contribution in [3.63, 3.8) is 0 Å². The van der Waals surface area contributed by atoms with Crippen molar-refractivity contribution in [1.82, 2.24) is 5.32 Å². The van der Waals surface area contributed by atoms with Crippen molar-refractivity contribution >= 4 is 29.1 Å². The molecule has 0 aliphatic carbocycles. The monoisotopic (exact) mass is 255 g/mol. The third-order valence-electron chi connectivity index (χ3n) is 2.09. The lowest BCUT2D eigenvalue weighted by Crippen LogP contribution is -2.33. The molecule has 1 amide bonds. The van der Waals surface area contributed by atoms with Crippen LogP contribution < -0.4 is 5.32 Å². The minimum Gasteiger partial charge on any atom is -0.338 e. The van der Waals surface area contributed by atoms with Gasteiger partial charge in [-0.3, -0.25) is 4.79 Å². The molecule has 1 unspecified atom stereocenters. The topological polar surface area (TPSA) is 29.1 Å². The molecule has 2 nitrogen and oxygen atoms in total. The van der Waals surface area contributed by atoms with Gasteiger partial charge in [0, 0.05) is 5.02 Å². The van der Waals surface area contributed by atoms with Crippen molar-refractivity contribution in [3.8, 4) is 12.3 Å². The molecular formula is C12H11Cl2NO. The van der Waals surface area contributed by atoms with E-state index in [4.69, 9.17) is 29.6 Å². The fraction of sp³-hybridized carbons (Fsp3) is 0.250. The number of hydrogen-bond acceptors (Lipinski definition) is 1. The highest BCUT2D eigenvalue weighted by Crippen LogP contribution is 2.20. The Labute approximate surface area is 105 Å². The highest BCUT2D eigenvalue weighted by molar-refractivity contribution is 6.36. The molecule has 0 saturated carbocycles. The zero-order chi connectivity index (χ0) is 12.1. The summed E-state index contributed by atoms with van der Waals surface area (Å²) in [4.78, 5) is 11.8. The minimum atomic E-state index is -0.286. The molecule has 0 fully saturated rings. The number of halogens is 2. The predicted molar refractivity (Wildman–Crippen MR) is 66.8 cm³/mol. The van der Waals surface area contributed by atoms with Crippen LogP contribution >= 0.6 is 23.2 Å². The molecule has 0 bridgehead atoms. The molecule has 0 aliphatic heterocycles. The number of hydrogen-bond donors (Lipinski definition) is 1. The number of amides is 1. The summed E-state index contributed by atoms with van der Waals surface area (Å²) in [6.07, 6.45) is 5.93. The second-order valence-corrected chi connectivity index (χ2v) is 4.07. The van der Waals surface area contributed by atoms with Crippen LogP contribution in [0.5, 0.6) is 0 Å². The molecule has 0 aliphatic rings. The van der Waals surface area contributed by atoms with Gasteiger partial charge in [0.15, 0.2) is 0 Å². The third kappa shape index (κ3) is 3.16. The van der Waals surface area contributed by atoms with Gasteiger partial charge in [0.05, 0.1) is 16.6 Å². The van der Waals surface area contributed by atoms with Crippen LogP contribution in [-0.4, -0.2) is 11.9 Å². The van der Waals surface area contributed by atoms with Crippen molar-refractivity contribution in [2.45, 2.75) is 19.4 Å². The van der Waals surface area contributed by atoms with Crippen LogP contribution in [0.4, 0.5) is 0 Å². The van der Waals surface area contributed by atoms with Crippen molar-refractivity contribution < 1.29 is 4.79 Å². The fourth-order valence-electron chi connectivity index (χ4n) is 1.17. The number of benzene rings is 1. The average Bonchev–Trinajstić information content (AvgIpc) is 2.25. The second-order valence-electron chi connectivity index (χ2n) is 3.23. The van der Waals surface area contributed by atoms with Crippen molar-refractivity contribution in [2.24, 2.45) is 0 Å². The molecule has 0 spiro atoms. The first-order valence-electron chi connectivity index (χ1n) is 4.80. The zero-order valence-corrected chi connectivity index (χ0v) is 10.3. The highest BCUT2D eigenvalue weighted by atomic mass is 35.5. The maximum absolute atomic E-state index is 11.8. The molecular weight excluding hydrogens is 245 g/mol. The molecule has 1 rings (SSSR count). The summed E-state index contributed by atoms with van der Waals surface area (Å²) < 4.78 is 0. The Balaban J connectivity index is 2.85. The normalized spacial score (nSPS) is 11.6. The summed E-state index contributed by atoms with van der Waals surface area (Å²) in [6, 6.07) is 4.43. The van der Waals surface area contributed by atoms with E-state index in [1.165, 1.54) is 6.07 Å². The van der Waals surface area contributed by atoms with Crippen LogP contribution in [0, 0.1) is 12.3 Å². The van der Waals surface area contributed by atoms with Gasteiger partial charge in [-0.15, -0.1) is 6.42 Å². The van der Waals surface area contributed by atoms with E-state index in [1.54, 1.807) is 12.1 Å². The van der Waals surface area contributed by atoms with Crippen LogP contribution in [0.25, 0.3) is 0 Å². The maximum Gasteiger partial charge on any atom is 0.253 e. The van der Waals surface area contributed by atoms with Gasteiger partial charge in [-0.1, -0.05) is 36.0 Å². The van der Waals surface area contributed by atoms with Gasteiger partial charge < -0.3 is 5.32 Å². The van der Waals surface area contributed by atoms with Gasteiger partial charge in [-0.2, -0.15) is 0 Å². The van der Waals surface area contributed by atoms with Crippen LogP contribution in [0.1, 0.15) is 23.7 Å². The molecule has 1 aromatic rings. The molecule has 84 valence electrons. The van der Waals surface area contributed by atoms with E-state index in [-0.39, 0.29) is 11.9 Å². The van der Waals surface area contributed by atoms with Crippen LogP contribution in [0.15, 0.2) is 18.2 Å². The molecule has 0 heterocycles. The fourth-order valence-corrected chi connectivity index (χ4v) is 1.67. The summed E-state index contributed by atoms with van der Waals surface area (Å²) in [5.41, 5.74) is 0.375. The van der Waals surface area contributed by atoms with Crippen molar-refractivity contribution in [2.75, 3.05) is 0 Å². The summed E-state index contributed by atoms with van der Waals surface area (Å²) in [7, 11) is 0. The summed E-state index contributed by atoms with van der Waals surface area (Å²) in [6.45, 7) is 1.90. The molecule has 1 N–H and O–H groups in total. The molecule has 4 heteroatoms. The standard InChI is InChI=1S/C12H11Cl2NO/c1-3-9(4-2)15-12(16)10-6-5-8(13)7-11(10)14/h1,5-7,9H,4H2,2H3,(H,15,16). The highest BCUT2D eigenvalue weighted by Gasteiger charge is 2.13. The first-order valence-corrected chi connectivity index (χ1v) is 5.56. The smallest absolute Gasteiger partial charge is 0.253 e. The first kappa shape index (κ1) is 12.9. The van der Waals surface area contributed by atoms with Gasteiger partial charge in [-0.05, 0) is 24.6 Å². The van der Waals surface area contributed by atoms with E-state index in [2.05, 4.69) is 11.2 Å². The van der Waals surface area contributed by atoms with E-state index in [1.807, 2.05) is 6.92 Å². The molecule has 1 atom stereocenters. The predicted octanol–water partition coefficient (Wildman–Crippen LogP) is 3.14.